The van der Waals surface area contributed by atoms with Gasteiger partial charge in [0.1, 0.15) is 0 Å². The summed E-state index contributed by atoms with van der Waals surface area (Å²) in [5.41, 5.74) is 8.58. The summed E-state index contributed by atoms with van der Waals surface area (Å²) in [5, 5.41) is 7.50. The minimum absolute atomic E-state index is 0.123. The van der Waals surface area contributed by atoms with E-state index in [0.717, 1.165) is 17.0 Å². The number of hydrogen-bond acceptors (Lipinski definition) is 5. The molecular formula is C13H13N3S2. The van der Waals surface area contributed by atoms with Crippen LogP contribution in [-0.2, 0) is 6.42 Å². The average molecular weight is 275 g/mol. The molecule has 5 heteroatoms. The molecular weight excluding hydrogens is 262 g/mol. The highest BCUT2D eigenvalue weighted by atomic mass is 32.1. The van der Waals surface area contributed by atoms with Gasteiger partial charge in [-0.1, -0.05) is 29.6 Å². The van der Waals surface area contributed by atoms with Crippen LogP contribution < -0.4 is 5.73 Å². The Morgan fingerprint density at radius 2 is 2.22 bits per heavy atom. The largest absolute Gasteiger partial charge is 0.319 e. The summed E-state index contributed by atoms with van der Waals surface area (Å²) in [7, 11) is 0. The maximum Gasteiger partial charge on any atom is 0.0804 e. The molecule has 0 spiro atoms. The van der Waals surface area contributed by atoms with Gasteiger partial charge in [0.25, 0.3) is 0 Å². The monoisotopic (exact) mass is 275 g/mol. The molecule has 3 rings (SSSR count). The van der Waals surface area contributed by atoms with E-state index in [2.05, 4.69) is 46.2 Å². The van der Waals surface area contributed by atoms with Crippen molar-refractivity contribution in [3.63, 3.8) is 0 Å². The Morgan fingerprint density at radius 1 is 1.33 bits per heavy atom. The number of nitrogens with two attached hydrogens (primary N) is 1. The van der Waals surface area contributed by atoms with E-state index in [1.54, 1.807) is 11.3 Å². The second-order valence-corrected chi connectivity index (χ2v) is 5.80. The normalized spacial score (nSPS) is 13.0. The molecule has 2 N–H and O–H groups in total. The van der Waals surface area contributed by atoms with Crippen LogP contribution in [0, 0.1) is 0 Å². The number of aromatic nitrogens is 2. The second kappa shape index (κ2) is 4.76. The molecule has 0 saturated carbocycles. The lowest BCUT2D eigenvalue weighted by molar-refractivity contribution is 0.862. The average Bonchev–Trinajstić information content (AvgIpc) is 3.05. The maximum absolute atomic E-state index is 6.40. The molecule has 0 saturated heterocycles. The molecule has 0 fully saturated rings. The van der Waals surface area contributed by atoms with E-state index < -0.39 is 0 Å². The summed E-state index contributed by atoms with van der Waals surface area (Å²) in [6.07, 6.45) is 0.875. The van der Waals surface area contributed by atoms with E-state index in [1.165, 1.54) is 27.2 Å². The van der Waals surface area contributed by atoms with Gasteiger partial charge in [-0.25, -0.2) is 0 Å². The Hall–Kier alpha value is -1.30. The summed E-state index contributed by atoms with van der Waals surface area (Å²) in [6.45, 7) is 2.08. The molecule has 1 atom stereocenters. The fourth-order valence-corrected chi connectivity index (χ4v) is 3.81. The lowest BCUT2D eigenvalue weighted by Gasteiger charge is -2.11. The highest BCUT2D eigenvalue weighted by molar-refractivity contribution is 7.17. The third kappa shape index (κ3) is 1.84. The van der Waals surface area contributed by atoms with Crippen molar-refractivity contribution in [2.24, 2.45) is 5.73 Å². The summed E-state index contributed by atoms with van der Waals surface area (Å²) >= 11 is 3.14. The highest BCUT2D eigenvalue weighted by Gasteiger charge is 2.18. The number of benzene rings is 1. The van der Waals surface area contributed by atoms with Crippen molar-refractivity contribution in [3.8, 4) is 0 Å². The minimum Gasteiger partial charge on any atom is -0.319 e. The third-order valence-electron chi connectivity index (χ3n) is 3.05. The van der Waals surface area contributed by atoms with E-state index in [0.29, 0.717) is 0 Å². The van der Waals surface area contributed by atoms with Crippen LogP contribution in [0.2, 0.25) is 0 Å². The summed E-state index contributed by atoms with van der Waals surface area (Å²) in [5.74, 6) is 0. The molecule has 1 unspecified atom stereocenters. The first kappa shape index (κ1) is 11.8. The quantitative estimate of drug-likeness (QED) is 0.797. The Morgan fingerprint density at radius 3 is 3.06 bits per heavy atom. The first-order valence-corrected chi connectivity index (χ1v) is 7.49. The van der Waals surface area contributed by atoms with E-state index in [-0.39, 0.29) is 6.04 Å². The molecule has 18 heavy (non-hydrogen) atoms. The van der Waals surface area contributed by atoms with Crippen molar-refractivity contribution in [2.45, 2.75) is 19.4 Å². The van der Waals surface area contributed by atoms with Crippen LogP contribution in [0.15, 0.2) is 29.6 Å². The van der Waals surface area contributed by atoms with Crippen molar-refractivity contribution in [3.05, 3.63) is 45.8 Å². The van der Waals surface area contributed by atoms with Crippen LogP contribution in [0.3, 0.4) is 0 Å². The first-order chi connectivity index (χ1) is 8.81. The molecule has 0 amide bonds. The van der Waals surface area contributed by atoms with Crippen molar-refractivity contribution >= 4 is 33.0 Å². The zero-order chi connectivity index (χ0) is 12.5. The topological polar surface area (TPSA) is 51.8 Å². The molecule has 3 aromatic rings. The third-order valence-corrected chi connectivity index (χ3v) is 4.88. The Balaban J connectivity index is 2.12. The van der Waals surface area contributed by atoms with Crippen molar-refractivity contribution in [2.75, 3.05) is 0 Å². The first-order valence-electron chi connectivity index (χ1n) is 5.84. The van der Waals surface area contributed by atoms with Gasteiger partial charge in [-0.05, 0) is 40.3 Å². The van der Waals surface area contributed by atoms with Gasteiger partial charge in [0.15, 0.2) is 0 Å². The Bertz CT molecular complexity index is 671. The fourth-order valence-electron chi connectivity index (χ4n) is 2.10. The van der Waals surface area contributed by atoms with Crippen LogP contribution in [0.25, 0.3) is 10.1 Å². The number of rotatable bonds is 3. The lowest BCUT2D eigenvalue weighted by atomic mass is 10.0. The molecule has 92 valence electrons. The minimum atomic E-state index is -0.123. The van der Waals surface area contributed by atoms with Crippen molar-refractivity contribution in [1.29, 1.82) is 0 Å². The molecule has 0 bridgehead atoms. The number of aryl methyl sites for hydroxylation is 1. The van der Waals surface area contributed by atoms with Gasteiger partial charge in [0.05, 0.1) is 16.6 Å². The SMILES string of the molecule is CCc1nnsc1C(N)c1cccc2ccsc12. The number of nitrogens with zero attached hydrogens (tertiary/aromatic N) is 2. The number of hydrogen-bond donors (Lipinski definition) is 1. The molecule has 0 radical (unpaired) electrons. The number of thiophene rings is 1. The predicted molar refractivity (Wildman–Crippen MR) is 77.1 cm³/mol. The second-order valence-electron chi connectivity index (χ2n) is 4.10. The molecule has 0 aliphatic carbocycles. The van der Waals surface area contributed by atoms with Gasteiger partial charge < -0.3 is 5.73 Å². The van der Waals surface area contributed by atoms with Gasteiger partial charge in [0, 0.05) is 4.70 Å². The summed E-state index contributed by atoms with van der Waals surface area (Å²) in [4.78, 5) is 1.08. The van der Waals surface area contributed by atoms with E-state index >= 15 is 0 Å². The predicted octanol–water partition coefficient (Wildman–Crippen LogP) is 3.36. The lowest BCUT2D eigenvalue weighted by Crippen LogP contribution is -2.12. The molecule has 0 aliphatic heterocycles. The van der Waals surface area contributed by atoms with E-state index in [9.17, 15) is 0 Å². The molecule has 0 aliphatic rings. The zero-order valence-corrected chi connectivity index (χ0v) is 11.6. The molecule has 1 aromatic carbocycles. The van der Waals surface area contributed by atoms with Gasteiger partial charge in [-0.15, -0.1) is 16.4 Å². The zero-order valence-electron chi connectivity index (χ0n) is 9.96. The van der Waals surface area contributed by atoms with Crippen LogP contribution >= 0.6 is 22.9 Å². The fraction of sp³-hybridized carbons (Fsp3) is 0.231. The van der Waals surface area contributed by atoms with E-state index in [4.69, 9.17) is 5.73 Å². The van der Waals surface area contributed by atoms with Crippen molar-refractivity contribution in [1.82, 2.24) is 9.59 Å². The standard InChI is InChI=1S/C13H13N3S2/c1-2-10-13(18-16-15-10)11(14)9-5-3-4-8-6-7-17-12(8)9/h3-7,11H,2,14H2,1H3. The van der Waals surface area contributed by atoms with Crippen molar-refractivity contribution < 1.29 is 0 Å². The Labute approximate surface area is 113 Å². The van der Waals surface area contributed by atoms with Crippen LogP contribution in [-0.4, -0.2) is 9.59 Å². The molecule has 3 nitrogen and oxygen atoms in total. The summed E-state index contributed by atoms with van der Waals surface area (Å²) < 4.78 is 5.29. The Kier molecular flexibility index (Phi) is 3.11. The molecule has 2 aromatic heterocycles. The van der Waals surface area contributed by atoms with Gasteiger partial charge in [0.2, 0.25) is 0 Å². The van der Waals surface area contributed by atoms with Crippen LogP contribution in [0.5, 0.6) is 0 Å². The van der Waals surface area contributed by atoms with Crippen LogP contribution in [0.4, 0.5) is 0 Å². The van der Waals surface area contributed by atoms with Gasteiger partial charge in [-0.2, -0.15) is 0 Å². The van der Waals surface area contributed by atoms with E-state index in [1.807, 2.05) is 0 Å². The van der Waals surface area contributed by atoms with Crippen LogP contribution in [0.1, 0.15) is 29.1 Å². The highest BCUT2D eigenvalue weighted by Crippen LogP contribution is 2.33. The van der Waals surface area contributed by atoms with Gasteiger partial charge in [-0.3, -0.25) is 0 Å². The van der Waals surface area contributed by atoms with Gasteiger partial charge >= 0.3 is 0 Å². The summed E-state index contributed by atoms with van der Waals surface area (Å²) in [6, 6.07) is 8.28. The maximum atomic E-state index is 6.40. The smallest absolute Gasteiger partial charge is 0.0804 e. The molecule has 2 heterocycles. The number of fused-ring (bicyclic) bond motifs is 1.